The minimum Gasteiger partial charge on any atom is -0.391 e. The van der Waals surface area contributed by atoms with E-state index in [0.717, 1.165) is 13.0 Å². The van der Waals surface area contributed by atoms with E-state index in [-0.39, 0.29) is 12.4 Å². The van der Waals surface area contributed by atoms with Crippen LogP contribution in [-0.4, -0.2) is 41.7 Å². The Kier molecular flexibility index (Phi) is 4.52. The number of rotatable bonds is 1. The van der Waals surface area contributed by atoms with Gasteiger partial charge in [0.05, 0.1) is 6.10 Å². The molecule has 1 heterocycles. The lowest BCUT2D eigenvalue weighted by atomic mass is 9.99. The quantitative estimate of drug-likeness (QED) is 0.583. The van der Waals surface area contributed by atoms with Gasteiger partial charge in [-0.05, 0) is 26.4 Å². The van der Waals surface area contributed by atoms with Crippen LogP contribution in [0, 0.1) is 0 Å². The summed E-state index contributed by atoms with van der Waals surface area (Å²) in [5, 5.41) is 9.37. The summed E-state index contributed by atoms with van der Waals surface area (Å²) in [4.78, 5) is 12.6. The molecule has 0 bridgehead atoms. The molecule has 2 atom stereocenters. The zero-order chi connectivity index (χ0) is 8.43. The maximum Gasteiger partial charge on any atom is 0.237 e. The Balaban J connectivity index is 0.00000121. The standard InChI is InChI=1S/C7H14N2O2.ClH/c1-9-4-2-3-5(10)6(9)7(8)11;/h5-6,10H,2-4H2,1H3,(H2,8,11);1H. The number of hydrogen-bond donors (Lipinski definition) is 2. The van der Waals surface area contributed by atoms with Gasteiger partial charge in [-0.15, -0.1) is 12.4 Å². The second-order valence-electron chi connectivity index (χ2n) is 3.04. The van der Waals surface area contributed by atoms with E-state index in [9.17, 15) is 9.90 Å². The Hall–Kier alpha value is -0.320. The number of amides is 1. The van der Waals surface area contributed by atoms with Gasteiger partial charge in [-0.1, -0.05) is 0 Å². The summed E-state index contributed by atoms with van der Waals surface area (Å²) in [5.41, 5.74) is 5.11. The summed E-state index contributed by atoms with van der Waals surface area (Å²) in [6.45, 7) is 0.838. The van der Waals surface area contributed by atoms with Crippen molar-refractivity contribution in [3.8, 4) is 0 Å². The summed E-state index contributed by atoms with van der Waals surface area (Å²) in [6, 6.07) is -0.483. The molecule has 1 fully saturated rings. The van der Waals surface area contributed by atoms with Crippen molar-refractivity contribution in [2.24, 2.45) is 5.73 Å². The molecule has 1 aliphatic heterocycles. The van der Waals surface area contributed by atoms with E-state index in [1.807, 2.05) is 0 Å². The Labute approximate surface area is 78.1 Å². The number of hydrogen-bond acceptors (Lipinski definition) is 3. The highest BCUT2D eigenvalue weighted by atomic mass is 35.5. The van der Waals surface area contributed by atoms with E-state index in [0.29, 0.717) is 6.42 Å². The van der Waals surface area contributed by atoms with Crippen LogP contribution in [-0.2, 0) is 4.79 Å². The van der Waals surface area contributed by atoms with Crippen molar-refractivity contribution >= 4 is 18.3 Å². The Morgan fingerprint density at radius 3 is 2.58 bits per heavy atom. The molecule has 1 aliphatic rings. The van der Waals surface area contributed by atoms with Crippen molar-refractivity contribution < 1.29 is 9.90 Å². The number of nitrogens with zero attached hydrogens (tertiary/aromatic N) is 1. The highest BCUT2D eigenvalue weighted by Crippen LogP contribution is 2.14. The van der Waals surface area contributed by atoms with E-state index in [4.69, 9.17) is 5.73 Å². The third-order valence-electron chi connectivity index (χ3n) is 2.14. The van der Waals surface area contributed by atoms with Crippen LogP contribution >= 0.6 is 12.4 Å². The van der Waals surface area contributed by atoms with Crippen LogP contribution in [0.15, 0.2) is 0 Å². The van der Waals surface area contributed by atoms with Gasteiger partial charge in [-0.3, -0.25) is 9.69 Å². The molecule has 0 aromatic carbocycles. The van der Waals surface area contributed by atoms with E-state index in [1.165, 1.54) is 0 Å². The van der Waals surface area contributed by atoms with Crippen LogP contribution in [0.3, 0.4) is 0 Å². The Morgan fingerprint density at radius 2 is 2.25 bits per heavy atom. The lowest BCUT2D eigenvalue weighted by Crippen LogP contribution is -2.53. The second-order valence-corrected chi connectivity index (χ2v) is 3.04. The van der Waals surface area contributed by atoms with Gasteiger partial charge in [-0.25, -0.2) is 0 Å². The molecule has 2 unspecified atom stereocenters. The number of carbonyl (C=O) groups excluding carboxylic acids is 1. The Bertz CT molecular complexity index is 155. The molecule has 72 valence electrons. The average molecular weight is 195 g/mol. The molecule has 0 radical (unpaired) electrons. The zero-order valence-electron chi connectivity index (χ0n) is 7.06. The van der Waals surface area contributed by atoms with Crippen LogP contribution < -0.4 is 5.73 Å². The molecule has 4 nitrogen and oxygen atoms in total. The van der Waals surface area contributed by atoms with Crippen LogP contribution in [0.4, 0.5) is 0 Å². The summed E-state index contributed by atoms with van der Waals surface area (Å²) >= 11 is 0. The minimum absolute atomic E-state index is 0. The maximum absolute atomic E-state index is 10.8. The van der Waals surface area contributed by atoms with Crippen molar-refractivity contribution in [2.45, 2.75) is 25.0 Å². The summed E-state index contributed by atoms with van der Waals surface area (Å²) in [6.07, 6.45) is 1.03. The predicted molar refractivity (Wildman–Crippen MR) is 48.1 cm³/mol. The van der Waals surface area contributed by atoms with E-state index in [1.54, 1.807) is 11.9 Å². The van der Waals surface area contributed by atoms with Crippen LogP contribution in [0.1, 0.15) is 12.8 Å². The van der Waals surface area contributed by atoms with E-state index >= 15 is 0 Å². The number of likely N-dealkylation sites (tertiary alicyclic amines) is 1. The van der Waals surface area contributed by atoms with Crippen LogP contribution in [0.2, 0.25) is 0 Å². The maximum atomic E-state index is 10.8. The number of halogens is 1. The smallest absolute Gasteiger partial charge is 0.237 e. The molecule has 12 heavy (non-hydrogen) atoms. The van der Waals surface area contributed by atoms with Gasteiger partial charge in [0.1, 0.15) is 6.04 Å². The van der Waals surface area contributed by atoms with Gasteiger partial charge in [0.25, 0.3) is 0 Å². The highest BCUT2D eigenvalue weighted by molar-refractivity contribution is 5.85. The molecule has 0 spiro atoms. The van der Waals surface area contributed by atoms with Crippen molar-refractivity contribution in [3.63, 3.8) is 0 Å². The number of nitrogens with two attached hydrogens (primary N) is 1. The van der Waals surface area contributed by atoms with Crippen molar-refractivity contribution in [1.82, 2.24) is 4.90 Å². The topological polar surface area (TPSA) is 66.6 Å². The monoisotopic (exact) mass is 194 g/mol. The number of piperidine rings is 1. The lowest BCUT2D eigenvalue weighted by Gasteiger charge is -2.33. The number of aliphatic hydroxyl groups excluding tert-OH is 1. The summed E-state index contributed by atoms with van der Waals surface area (Å²) in [7, 11) is 1.80. The van der Waals surface area contributed by atoms with Gasteiger partial charge < -0.3 is 10.8 Å². The minimum atomic E-state index is -0.578. The van der Waals surface area contributed by atoms with E-state index < -0.39 is 18.1 Å². The van der Waals surface area contributed by atoms with Crippen LogP contribution in [0.25, 0.3) is 0 Å². The first kappa shape index (κ1) is 11.7. The number of carbonyl (C=O) groups is 1. The normalized spacial score (nSPS) is 30.8. The fraction of sp³-hybridized carbons (Fsp3) is 0.857. The molecule has 3 N–H and O–H groups in total. The lowest BCUT2D eigenvalue weighted by molar-refractivity contribution is -0.128. The first-order valence-electron chi connectivity index (χ1n) is 3.80. The summed E-state index contributed by atoms with van der Waals surface area (Å²) in [5.74, 6) is -0.431. The van der Waals surface area contributed by atoms with Gasteiger partial charge in [-0.2, -0.15) is 0 Å². The third kappa shape index (κ3) is 2.33. The molecule has 1 saturated heterocycles. The SMILES string of the molecule is CN1CCCC(O)C1C(N)=O.Cl. The molecule has 0 aliphatic carbocycles. The first-order valence-corrected chi connectivity index (χ1v) is 3.80. The molecular formula is C7H15ClN2O2. The largest absolute Gasteiger partial charge is 0.391 e. The first-order chi connectivity index (χ1) is 5.13. The number of primary amides is 1. The number of likely N-dealkylation sites (N-methyl/N-ethyl adjacent to an activating group) is 1. The van der Waals surface area contributed by atoms with Crippen molar-refractivity contribution in [2.75, 3.05) is 13.6 Å². The van der Waals surface area contributed by atoms with Gasteiger partial charge in [0.15, 0.2) is 0 Å². The van der Waals surface area contributed by atoms with Crippen molar-refractivity contribution in [1.29, 1.82) is 0 Å². The van der Waals surface area contributed by atoms with E-state index in [2.05, 4.69) is 0 Å². The molecule has 0 saturated carbocycles. The fourth-order valence-electron chi connectivity index (χ4n) is 1.55. The third-order valence-corrected chi connectivity index (χ3v) is 2.14. The zero-order valence-corrected chi connectivity index (χ0v) is 7.88. The molecule has 0 aromatic rings. The second kappa shape index (κ2) is 4.64. The molecule has 1 amide bonds. The van der Waals surface area contributed by atoms with Gasteiger partial charge in [0.2, 0.25) is 5.91 Å². The van der Waals surface area contributed by atoms with Crippen LogP contribution in [0.5, 0.6) is 0 Å². The van der Waals surface area contributed by atoms with Gasteiger partial charge in [0, 0.05) is 0 Å². The molecule has 0 aromatic heterocycles. The average Bonchev–Trinajstić information content (AvgIpc) is 1.85. The fourth-order valence-corrected chi connectivity index (χ4v) is 1.55. The Morgan fingerprint density at radius 1 is 1.67 bits per heavy atom. The highest BCUT2D eigenvalue weighted by Gasteiger charge is 2.31. The molecular weight excluding hydrogens is 180 g/mol. The summed E-state index contributed by atoms with van der Waals surface area (Å²) < 4.78 is 0. The van der Waals surface area contributed by atoms with Crippen molar-refractivity contribution in [3.05, 3.63) is 0 Å². The predicted octanol–water partition coefficient (Wildman–Crippen LogP) is -0.651. The number of aliphatic hydroxyl groups is 1. The van der Waals surface area contributed by atoms with Gasteiger partial charge >= 0.3 is 0 Å². The molecule has 5 heteroatoms. The molecule has 1 rings (SSSR count).